The monoisotopic (exact) mass is 293 g/mol. The van der Waals surface area contributed by atoms with Gasteiger partial charge in [0.25, 0.3) is 0 Å². The molecule has 2 aromatic heterocycles. The number of para-hydroxylation sites is 1. The molecule has 112 valence electrons. The maximum Gasteiger partial charge on any atom is 0.227 e. The topological polar surface area (TPSA) is 32.5 Å². The van der Waals surface area contributed by atoms with Crippen LogP contribution in [0.4, 0.5) is 5.69 Å². The van der Waals surface area contributed by atoms with Crippen molar-refractivity contribution < 1.29 is 4.42 Å². The molecule has 1 aliphatic rings. The molecule has 0 bridgehead atoms. The van der Waals surface area contributed by atoms with Gasteiger partial charge in [-0.15, -0.1) is 0 Å². The van der Waals surface area contributed by atoms with Crippen LogP contribution in [0.1, 0.15) is 19.8 Å². The van der Waals surface area contributed by atoms with Gasteiger partial charge in [-0.25, -0.2) is 4.98 Å². The van der Waals surface area contributed by atoms with Crippen molar-refractivity contribution in [3.05, 3.63) is 48.9 Å². The maximum atomic E-state index is 6.01. The summed E-state index contributed by atoms with van der Waals surface area (Å²) in [6, 6.07) is 10.3. The van der Waals surface area contributed by atoms with E-state index in [4.69, 9.17) is 4.42 Å². The summed E-state index contributed by atoms with van der Waals surface area (Å²) in [7, 11) is 0. The van der Waals surface area contributed by atoms with Crippen molar-refractivity contribution in [3.8, 4) is 0 Å². The van der Waals surface area contributed by atoms with Gasteiger partial charge in [-0.1, -0.05) is 25.5 Å². The quantitative estimate of drug-likeness (QED) is 0.716. The van der Waals surface area contributed by atoms with Gasteiger partial charge in [0.1, 0.15) is 0 Å². The first-order valence-electron chi connectivity index (χ1n) is 7.82. The molecule has 0 amide bonds. The molecule has 1 aliphatic heterocycles. The number of hydrogen-bond donors (Lipinski definition) is 0. The minimum absolute atomic E-state index is 0.705. The molecule has 0 atom stereocenters. The number of nitrogens with zero attached hydrogens (tertiary/aromatic N) is 3. The Morgan fingerprint density at radius 3 is 2.95 bits per heavy atom. The highest BCUT2D eigenvalue weighted by atomic mass is 16.3. The average molecular weight is 293 g/mol. The van der Waals surface area contributed by atoms with Crippen LogP contribution in [0.2, 0.25) is 0 Å². The highest BCUT2D eigenvalue weighted by Gasteiger charge is 2.18. The molecule has 0 fully saturated rings. The minimum Gasteiger partial charge on any atom is -0.436 e. The predicted octanol–water partition coefficient (Wildman–Crippen LogP) is 4.33. The summed E-state index contributed by atoms with van der Waals surface area (Å²) >= 11 is 0. The lowest BCUT2D eigenvalue weighted by Crippen LogP contribution is -2.25. The number of pyridine rings is 1. The first-order chi connectivity index (χ1) is 10.9. The summed E-state index contributed by atoms with van der Waals surface area (Å²) in [4.78, 5) is 8.90. The van der Waals surface area contributed by atoms with Gasteiger partial charge in [0.05, 0.1) is 12.4 Å². The number of rotatable bonds is 4. The van der Waals surface area contributed by atoms with E-state index >= 15 is 0 Å². The lowest BCUT2D eigenvalue weighted by atomic mass is 10.1. The number of unbranched alkanes of at least 4 members (excludes halogenated alkanes) is 1. The average Bonchev–Trinajstić information content (AvgIpc) is 3.17. The van der Waals surface area contributed by atoms with Crippen LogP contribution in [0, 0.1) is 0 Å². The molecular formula is C18H19N3O. The normalized spacial score (nSPS) is 14.6. The van der Waals surface area contributed by atoms with Crippen LogP contribution in [-0.2, 0) is 0 Å². The molecule has 0 unspecified atom stereocenters. The van der Waals surface area contributed by atoms with Crippen molar-refractivity contribution >= 4 is 27.8 Å². The molecule has 0 spiro atoms. The van der Waals surface area contributed by atoms with Gasteiger partial charge in [-0.2, -0.15) is 0 Å². The van der Waals surface area contributed by atoms with E-state index in [1.807, 2.05) is 6.07 Å². The van der Waals surface area contributed by atoms with Crippen molar-refractivity contribution in [3.63, 3.8) is 0 Å². The number of fused-ring (bicyclic) bond motifs is 3. The van der Waals surface area contributed by atoms with Crippen molar-refractivity contribution in [2.45, 2.75) is 19.8 Å². The number of hydrogen-bond acceptors (Lipinski definition) is 4. The molecule has 4 heteroatoms. The van der Waals surface area contributed by atoms with Crippen molar-refractivity contribution in [2.75, 3.05) is 18.1 Å². The van der Waals surface area contributed by atoms with E-state index in [9.17, 15) is 0 Å². The number of aromatic nitrogens is 1. The third-order valence-corrected chi connectivity index (χ3v) is 4.15. The van der Waals surface area contributed by atoms with E-state index < -0.39 is 0 Å². The van der Waals surface area contributed by atoms with Crippen molar-refractivity contribution in [1.29, 1.82) is 0 Å². The van der Waals surface area contributed by atoms with Gasteiger partial charge < -0.3 is 14.2 Å². The second kappa shape index (κ2) is 5.37. The van der Waals surface area contributed by atoms with Gasteiger partial charge >= 0.3 is 0 Å². The van der Waals surface area contributed by atoms with E-state index in [1.165, 1.54) is 12.8 Å². The Morgan fingerprint density at radius 2 is 2.05 bits per heavy atom. The van der Waals surface area contributed by atoms with Crippen molar-refractivity contribution in [2.24, 2.45) is 0 Å². The van der Waals surface area contributed by atoms with E-state index in [1.54, 1.807) is 6.20 Å². The summed E-state index contributed by atoms with van der Waals surface area (Å²) < 4.78 is 6.01. The fourth-order valence-electron chi connectivity index (χ4n) is 2.97. The second-order valence-electron chi connectivity index (χ2n) is 5.69. The van der Waals surface area contributed by atoms with Crippen LogP contribution < -0.4 is 4.90 Å². The molecule has 0 saturated carbocycles. The molecule has 1 aromatic carbocycles. The molecule has 0 aliphatic carbocycles. The Kier molecular flexibility index (Phi) is 3.22. The zero-order valence-corrected chi connectivity index (χ0v) is 12.7. The van der Waals surface area contributed by atoms with Crippen molar-refractivity contribution in [1.82, 2.24) is 9.88 Å². The first kappa shape index (κ1) is 13.2. The highest BCUT2D eigenvalue weighted by molar-refractivity contribution is 6.07. The fourth-order valence-corrected chi connectivity index (χ4v) is 2.97. The summed E-state index contributed by atoms with van der Waals surface area (Å²) in [5.41, 5.74) is 2.72. The van der Waals surface area contributed by atoms with Crippen LogP contribution in [0.5, 0.6) is 0 Å². The highest BCUT2D eigenvalue weighted by Crippen LogP contribution is 2.35. The molecule has 4 nitrogen and oxygen atoms in total. The molecule has 0 radical (unpaired) electrons. The molecule has 3 heterocycles. The lowest BCUT2D eigenvalue weighted by molar-refractivity contribution is 0.396. The van der Waals surface area contributed by atoms with E-state index in [2.05, 4.69) is 58.4 Å². The van der Waals surface area contributed by atoms with Gasteiger partial charge in [0.15, 0.2) is 5.58 Å². The Morgan fingerprint density at radius 1 is 1.14 bits per heavy atom. The number of anilines is 1. The SMILES string of the molecule is CCCCN1C=CN(c2cccc3c2oc2ncccc23)C1. The fraction of sp³-hybridized carbons (Fsp3) is 0.278. The van der Waals surface area contributed by atoms with Gasteiger partial charge in [0, 0.05) is 35.9 Å². The maximum absolute atomic E-state index is 6.01. The molecule has 3 aromatic rings. The van der Waals surface area contributed by atoms with Crippen LogP contribution in [0.15, 0.2) is 53.3 Å². The molecule has 22 heavy (non-hydrogen) atoms. The standard InChI is InChI=1S/C18H19N3O/c1-2-3-10-20-11-12-21(13-20)16-8-4-6-14-15-7-5-9-19-18(15)22-17(14)16/h4-9,11-12H,2-3,10,13H2,1H3. The summed E-state index contributed by atoms with van der Waals surface area (Å²) in [6.45, 7) is 4.20. The summed E-state index contributed by atoms with van der Waals surface area (Å²) in [6.07, 6.45) is 8.50. The smallest absolute Gasteiger partial charge is 0.227 e. The molecular weight excluding hydrogens is 274 g/mol. The van der Waals surface area contributed by atoms with Gasteiger partial charge in [-0.3, -0.25) is 0 Å². The zero-order valence-electron chi connectivity index (χ0n) is 12.7. The Bertz CT molecular complexity index is 837. The van der Waals surface area contributed by atoms with Crippen LogP contribution in [-0.4, -0.2) is 23.1 Å². The van der Waals surface area contributed by atoms with E-state index in [0.29, 0.717) is 5.71 Å². The first-order valence-corrected chi connectivity index (χ1v) is 7.82. The van der Waals surface area contributed by atoms with E-state index in [-0.39, 0.29) is 0 Å². The minimum atomic E-state index is 0.705. The molecule has 0 N–H and O–H groups in total. The molecule has 0 saturated heterocycles. The Hall–Kier alpha value is -2.49. The largest absolute Gasteiger partial charge is 0.436 e. The third kappa shape index (κ3) is 2.11. The number of benzene rings is 1. The Labute approximate surface area is 129 Å². The third-order valence-electron chi connectivity index (χ3n) is 4.15. The van der Waals surface area contributed by atoms with Crippen LogP contribution in [0.3, 0.4) is 0 Å². The lowest BCUT2D eigenvalue weighted by Gasteiger charge is -2.21. The predicted molar refractivity (Wildman–Crippen MR) is 89.6 cm³/mol. The van der Waals surface area contributed by atoms with Crippen LogP contribution >= 0.6 is 0 Å². The summed E-state index contributed by atoms with van der Waals surface area (Å²) in [5, 5.41) is 2.20. The summed E-state index contributed by atoms with van der Waals surface area (Å²) in [5.74, 6) is 0. The van der Waals surface area contributed by atoms with Gasteiger partial charge in [0.2, 0.25) is 5.71 Å². The zero-order chi connectivity index (χ0) is 14.9. The second-order valence-corrected chi connectivity index (χ2v) is 5.69. The Balaban J connectivity index is 1.72. The van der Waals surface area contributed by atoms with E-state index in [0.717, 1.165) is 35.3 Å². The van der Waals surface area contributed by atoms with Crippen LogP contribution in [0.25, 0.3) is 22.1 Å². The number of furan rings is 1. The molecule has 4 rings (SSSR count). The van der Waals surface area contributed by atoms with Gasteiger partial charge in [-0.05, 0) is 24.6 Å².